The maximum Gasteiger partial charge on any atom is 0.162 e. The van der Waals surface area contributed by atoms with Crippen molar-refractivity contribution in [2.24, 2.45) is 0 Å². The molecule has 1 aliphatic rings. The van der Waals surface area contributed by atoms with E-state index in [0.29, 0.717) is 17.2 Å². The van der Waals surface area contributed by atoms with E-state index in [1.165, 1.54) is 6.07 Å². The van der Waals surface area contributed by atoms with E-state index in [2.05, 4.69) is 0 Å². The predicted octanol–water partition coefficient (Wildman–Crippen LogP) is 3.12. The highest BCUT2D eigenvalue weighted by Crippen LogP contribution is 2.42. The van der Waals surface area contributed by atoms with Gasteiger partial charge in [0.25, 0.3) is 0 Å². The maximum absolute atomic E-state index is 13.5. The fourth-order valence-corrected chi connectivity index (χ4v) is 2.72. The van der Waals surface area contributed by atoms with Gasteiger partial charge in [-0.1, -0.05) is 6.07 Å². The van der Waals surface area contributed by atoms with E-state index in [9.17, 15) is 4.39 Å². The van der Waals surface area contributed by atoms with Gasteiger partial charge in [-0.15, -0.1) is 0 Å². The molecule has 1 aliphatic heterocycles. The summed E-state index contributed by atoms with van der Waals surface area (Å²) in [6.45, 7) is 0.762. The minimum atomic E-state index is -0.250. The van der Waals surface area contributed by atoms with Crippen molar-refractivity contribution in [1.29, 1.82) is 0 Å². The topological polar surface area (TPSA) is 47.7 Å². The molecule has 1 heterocycles. The summed E-state index contributed by atoms with van der Waals surface area (Å²) in [4.78, 5) is 2.01. The molecule has 0 amide bonds. The molecule has 0 aromatic heterocycles. The van der Waals surface area contributed by atoms with Crippen molar-refractivity contribution in [2.45, 2.75) is 6.42 Å². The lowest BCUT2D eigenvalue weighted by atomic mass is 10.1. The lowest BCUT2D eigenvalue weighted by molar-refractivity contribution is 0.355. The molecule has 0 aliphatic carbocycles. The smallest absolute Gasteiger partial charge is 0.162 e. The van der Waals surface area contributed by atoms with Gasteiger partial charge in [-0.2, -0.15) is 0 Å². The third-order valence-electron chi connectivity index (χ3n) is 3.77. The first kappa shape index (κ1) is 13.5. The minimum Gasteiger partial charge on any atom is -0.493 e. The number of halogens is 1. The van der Waals surface area contributed by atoms with Gasteiger partial charge in [-0.05, 0) is 24.1 Å². The van der Waals surface area contributed by atoms with Crippen LogP contribution in [-0.2, 0) is 6.42 Å². The average Bonchev–Trinajstić information content (AvgIpc) is 2.89. The molecule has 0 spiro atoms. The molecule has 0 atom stereocenters. The summed E-state index contributed by atoms with van der Waals surface area (Å²) >= 11 is 0. The number of nitrogens with two attached hydrogens (primary N) is 1. The summed E-state index contributed by atoms with van der Waals surface area (Å²) in [5, 5.41) is 0. The van der Waals surface area contributed by atoms with E-state index in [1.807, 2.05) is 17.0 Å². The monoisotopic (exact) mass is 288 g/mol. The number of ether oxygens (including phenoxy) is 2. The SMILES string of the molecule is COc1cc(N)c(N2CCc3ccc(F)cc32)cc1OC. The molecule has 2 aromatic rings. The fraction of sp³-hybridized carbons (Fsp3) is 0.250. The van der Waals surface area contributed by atoms with Crippen molar-refractivity contribution in [3.63, 3.8) is 0 Å². The van der Waals surface area contributed by atoms with Crippen molar-refractivity contribution in [2.75, 3.05) is 31.4 Å². The summed E-state index contributed by atoms with van der Waals surface area (Å²) in [7, 11) is 3.15. The Balaban J connectivity index is 2.09. The zero-order valence-corrected chi connectivity index (χ0v) is 12.0. The molecule has 2 aromatic carbocycles. The molecule has 0 radical (unpaired) electrons. The van der Waals surface area contributed by atoms with E-state index in [0.717, 1.165) is 29.9 Å². The lowest BCUT2D eigenvalue weighted by Gasteiger charge is -2.23. The molecular formula is C16H17FN2O2. The van der Waals surface area contributed by atoms with Gasteiger partial charge >= 0.3 is 0 Å². The number of nitrogen functional groups attached to an aromatic ring is 1. The Morgan fingerprint density at radius 1 is 1.05 bits per heavy atom. The van der Waals surface area contributed by atoms with Crippen LogP contribution in [0.2, 0.25) is 0 Å². The van der Waals surface area contributed by atoms with Crippen LogP contribution >= 0.6 is 0 Å². The zero-order valence-electron chi connectivity index (χ0n) is 12.0. The average molecular weight is 288 g/mol. The van der Waals surface area contributed by atoms with Crippen LogP contribution in [-0.4, -0.2) is 20.8 Å². The van der Waals surface area contributed by atoms with E-state index < -0.39 is 0 Å². The quantitative estimate of drug-likeness (QED) is 0.882. The first-order valence-corrected chi connectivity index (χ1v) is 6.71. The first-order valence-electron chi connectivity index (χ1n) is 6.71. The van der Waals surface area contributed by atoms with Gasteiger partial charge in [-0.3, -0.25) is 0 Å². The molecule has 0 bridgehead atoms. The van der Waals surface area contributed by atoms with Crippen molar-refractivity contribution < 1.29 is 13.9 Å². The van der Waals surface area contributed by atoms with Gasteiger partial charge < -0.3 is 20.1 Å². The van der Waals surface area contributed by atoms with E-state index in [1.54, 1.807) is 26.4 Å². The van der Waals surface area contributed by atoms with E-state index in [-0.39, 0.29) is 5.82 Å². The standard InChI is InChI=1S/C16H17FN2O2/c1-20-15-8-12(18)14(9-16(15)21-2)19-6-5-10-3-4-11(17)7-13(10)19/h3-4,7-9H,5-6,18H2,1-2H3. The molecule has 5 heteroatoms. The van der Waals surface area contributed by atoms with Gasteiger partial charge in [-0.25, -0.2) is 4.39 Å². The summed E-state index contributed by atoms with van der Waals surface area (Å²) in [6, 6.07) is 8.40. The molecule has 3 rings (SSSR count). The Kier molecular flexibility index (Phi) is 3.33. The van der Waals surface area contributed by atoms with Crippen LogP contribution in [0.4, 0.5) is 21.5 Å². The minimum absolute atomic E-state index is 0.250. The number of benzene rings is 2. The molecule has 21 heavy (non-hydrogen) atoms. The largest absolute Gasteiger partial charge is 0.493 e. The molecular weight excluding hydrogens is 271 g/mol. The normalized spacial score (nSPS) is 13.2. The van der Waals surface area contributed by atoms with Gasteiger partial charge in [0.1, 0.15) is 5.82 Å². The number of hydrogen-bond acceptors (Lipinski definition) is 4. The predicted molar refractivity (Wildman–Crippen MR) is 81.1 cm³/mol. The summed E-state index contributed by atoms with van der Waals surface area (Å²) < 4.78 is 24.1. The van der Waals surface area contributed by atoms with Crippen LogP contribution in [0.5, 0.6) is 11.5 Å². The Morgan fingerprint density at radius 2 is 1.76 bits per heavy atom. The third kappa shape index (κ3) is 2.24. The maximum atomic E-state index is 13.5. The van der Waals surface area contributed by atoms with Crippen LogP contribution < -0.4 is 20.1 Å². The highest BCUT2D eigenvalue weighted by molar-refractivity contribution is 5.81. The van der Waals surface area contributed by atoms with Gasteiger partial charge in [0.2, 0.25) is 0 Å². The second-order valence-corrected chi connectivity index (χ2v) is 4.94. The Hall–Kier alpha value is -2.43. The molecule has 0 unspecified atom stereocenters. The van der Waals surface area contributed by atoms with Crippen molar-refractivity contribution in [3.05, 3.63) is 41.7 Å². The lowest BCUT2D eigenvalue weighted by Crippen LogP contribution is -2.15. The van der Waals surface area contributed by atoms with E-state index in [4.69, 9.17) is 15.2 Å². The number of rotatable bonds is 3. The van der Waals surface area contributed by atoms with Crippen LogP contribution in [0.3, 0.4) is 0 Å². The summed E-state index contributed by atoms with van der Waals surface area (Å²) in [5.74, 6) is 0.934. The van der Waals surface area contributed by atoms with Gasteiger partial charge in [0.05, 0.1) is 25.6 Å². The highest BCUT2D eigenvalue weighted by Gasteiger charge is 2.24. The Labute approximate surface area is 122 Å². The van der Waals surface area contributed by atoms with Crippen LogP contribution in [0.25, 0.3) is 0 Å². The molecule has 110 valence electrons. The van der Waals surface area contributed by atoms with Crippen LogP contribution in [0, 0.1) is 5.82 Å². The number of methoxy groups -OCH3 is 2. The van der Waals surface area contributed by atoms with Crippen molar-refractivity contribution in [1.82, 2.24) is 0 Å². The van der Waals surface area contributed by atoms with Crippen molar-refractivity contribution in [3.8, 4) is 11.5 Å². The number of anilines is 3. The molecule has 4 nitrogen and oxygen atoms in total. The second kappa shape index (κ2) is 5.16. The van der Waals surface area contributed by atoms with Crippen LogP contribution in [0.15, 0.2) is 30.3 Å². The zero-order chi connectivity index (χ0) is 15.0. The van der Waals surface area contributed by atoms with Gasteiger partial charge in [0, 0.05) is 24.4 Å². The van der Waals surface area contributed by atoms with E-state index >= 15 is 0 Å². The molecule has 0 saturated carbocycles. The molecule has 0 fully saturated rings. The summed E-state index contributed by atoms with van der Waals surface area (Å²) in [5.41, 5.74) is 9.47. The van der Waals surface area contributed by atoms with Gasteiger partial charge in [0.15, 0.2) is 11.5 Å². The number of nitrogens with zero attached hydrogens (tertiary/aromatic N) is 1. The number of hydrogen-bond donors (Lipinski definition) is 1. The first-order chi connectivity index (χ1) is 10.1. The number of fused-ring (bicyclic) bond motifs is 1. The Bertz CT molecular complexity index is 688. The fourth-order valence-electron chi connectivity index (χ4n) is 2.72. The van der Waals surface area contributed by atoms with Crippen molar-refractivity contribution >= 4 is 17.1 Å². The second-order valence-electron chi connectivity index (χ2n) is 4.94. The highest BCUT2D eigenvalue weighted by atomic mass is 19.1. The third-order valence-corrected chi connectivity index (χ3v) is 3.77. The summed E-state index contributed by atoms with van der Waals surface area (Å²) in [6.07, 6.45) is 0.864. The molecule has 2 N–H and O–H groups in total. The Morgan fingerprint density at radius 3 is 2.48 bits per heavy atom. The van der Waals surface area contributed by atoms with Crippen LogP contribution in [0.1, 0.15) is 5.56 Å². The molecule has 0 saturated heterocycles.